The van der Waals surface area contributed by atoms with E-state index in [1.165, 1.54) is 12.2 Å². The Hall–Kier alpha value is -0.910. The second kappa shape index (κ2) is 11.6. The summed E-state index contributed by atoms with van der Waals surface area (Å²) in [6.07, 6.45) is 8.00. The van der Waals surface area contributed by atoms with Crippen molar-refractivity contribution in [3.05, 3.63) is 12.2 Å². The number of rotatable bonds is 4. The molecule has 1 aliphatic rings. The monoisotopic (exact) mass is 328 g/mol. The number of unbranched alkanes of at least 4 members (excludes halogenated alkanes) is 2. The Kier molecular flexibility index (Phi) is 10.2. The van der Waals surface area contributed by atoms with E-state index in [9.17, 15) is 20.1 Å². The predicted molar refractivity (Wildman–Crippen MR) is 88.9 cm³/mol. The van der Waals surface area contributed by atoms with E-state index in [0.29, 0.717) is 6.42 Å². The number of aliphatic hydroxyl groups excluding tert-OH is 3. The summed E-state index contributed by atoms with van der Waals surface area (Å²) in [6.45, 7) is 2.14. The number of carbonyl (C=O) groups is 1. The van der Waals surface area contributed by atoms with Gasteiger partial charge in [0.25, 0.3) is 0 Å². The van der Waals surface area contributed by atoms with Crippen molar-refractivity contribution in [1.82, 2.24) is 0 Å². The smallest absolute Gasteiger partial charge is 0.330 e. The van der Waals surface area contributed by atoms with Gasteiger partial charge in [0.05, 0.1) is 18.3 Å². The third-order valence-electron chi connectivity index (χ3n) is 4.31. The molecule has 0 aromatic carbocycles. The maximum absolute atomic E-state index is 11.9. The van der Waals surface area contributed by atoms with Crippen molar-refractivity contribution in [2.24, 2.45) is 0 Å². The average Bonchev–Trinajstić information content (AvgIpc) is 2.51. The lowest BCUT2D eigenvalue weighted by atomic mass is 9.99. The molecule has 0 fully saturated rings. The minimum absolute atomic E-state index is 0.0892. The van der Waals surface area contributed by atoms with E-state index in [1.54, 1.807) is 0 Å². The van der Waals surface area contributed by atoms with Gasteiger partial charge in [0.1, 0.15) is 6.10 Å². The van der Waals surface area contributed by atoms with Crippen LogP contribution in [0, 0.1) is 0 Å². The average molecular weight is 328 g/mol. The second-order valence-electron chi connectivity index (χ2n) is 6.50. The van der Waals surface area contributed by atoms with E-state index in [1.807, 2.05) is 0 Å². The normalized spacial score (nSPS) is 32.8. The topological polar surface area (TPSA) is 87.0 Å². The van der Waals surface area contributed by atoms with Gasteiger partial charge in [0.2, 0.25) is 0 Å². The highest BCUT2D eigenvalue weighted by molar-refractivity contribution is 5.82. The first-order chi connectivity index (χ1) is 11.0. The molecule has 0 aliphatic carbocycles. The summed E-state index contributed by atoms with van der Waals surface area (Å²) in [7, 11) is 0. The van der Waals surface area contributed by atoms with Crippen LogP contribution >= 0.6 is 0 Å². The van der Waals surface area contributed by atoms with Crippen LogP contribution in [0.4, 0.5) is 0 Å². The summed E-state index contributed by atoms with van der Waals surface area (Å²) in [6, 6.07) is 0. The van der Waals surface area contributed by atoms with E-state index in [-0.39, 0.29) is 12.5 Å². The molecule has 0 bridgehead atoms. The molecule has 0 aromatic rings. The summed E-state index contributed by atoms with van der Waals surface area (Å²) >= 11 is 0. The zero-order valence-corrected chi connectivity index (χ0v) is 14.2. The number of hydrogen-bond donors (Lipinski definition) is 3. The fourth-order valence-corrected chi connectivity index (χ4v) is 2.86. The van der Waals surface area contributed by atoms with Gasteiger partial charge >= 0.3 is 5.97 Å². The van der Waals surface area contributed by atoms with E-state index < -0.39 is 24.3 Å². The Morgan fingerprint density at radius 2 is 1.87 bits per heavy atom. The van der Waals surface area contributed by atoms with Crippen molar-refractivity contribution >= 4 is 5.97 Å². The molecular formula is C18H32O5. The molecule has 0 spiro atoms. The highest BCUT2D eigenvalue weighted by atomic mass is 16.5. The van der Waals surface area contributed by atoms with Gasteiger partial charge in [-0.3, -0.25) is 0 Å². The minimum Gasteiger partial charge on any atom is -0.459 e. The third-order valence-corrected chi connectivity index (χ3v) is 4.31. The molecule has 134 valence electrons. The maximum atomic E-state index is 11.9. The molecule has 1 heterocycles. The lowest BCUT2D eigenvalue weighted by Gasteiger charge is -2.20. The van der Waals surface area contributed by atoms with Gasteiger partial charge in [-0.25, -0.2) is 4.79 Å². The molecule has 0 saturated carbocycles. The summed E-state index contributed by atoms with van der Waals surface area (Å²) in [5, 5.41) is 29.5. The lowest BCUT2D eigenvalue weighted by molar-refractivity contribution is -0.143. The Morgan fingerprint density at radius 1 is 1.13 bits per heavy atom. The number of ether oxygens (including phenoxy) is 1. The Balaban J connectivity index is 2.63. The molecule has 1 aliphatic heterocycles. The minimum atomic E-state index is -1.17. The van der Waals surface area contributed by atoms with Crippen LogP contribution in [0.5, 0.6) is 0 Å². The molecule has 5 heteroatoms. The molecule has 0 saturated heterocycles. The van der Waals surface area contributed by atoms with Gasteiger partial charge < -0.3 is 20.1 Å². The Bertz CT molecular complexity index is 355. The van der Waals surface area contributed by atoms with Crippen LogP contribution < -0.4 is 0 Å². The van der Waals surface area contributed by atoms with Gasteiger partial charge in [0.15, 0.2) is 0 Å². The standard InChI is InChI=1S/C18H32O5/c1-2-3-5-9-15-10-7-4-6-8-14(19)13-17(21)16(20)11-12-18(22)23-15/h11-12,14-17,19-21H,2-10,13H2,1H3/b12-11+/t14-,15-,16-,17+/m0/s1. The molecule has 5 nitrogen and oxygen atoms in total. The molecule has 4 atom stereocenters. The molecule has 0 radical (unpaired) electrons. The van der Waals surface area contributed by atoms with Crippen molar-refractivity contribution in [1.29, 1.82) is 0 Å². The summed E-state index contributed by atoms with van der Waals surface area (Å²) in [5.41, 5.74) is 0. The predicted octanol–water partition coefficient (Wildman–Crippen LogP) is 2.47. The first-order valence-electron chi connectivity index (χ1n) is 8.96. The maximum Gasteiger partial charge on any atom is 0.330 e. The van der Waals surface area contributed by atoms with Crippen LogP contribution in [0.15, 0.2) is 12.2 Å². The molecule has 3 N–H and O–H groups in total. The SMILES string of the molecule is CCCCC[C@H]1CCCCC[C@H](O)C[C@@H](O)[C@@H](O)/C=C/C(=O)O1. The molecular weight excluding hydrogens is 296 g/mol. The summed E-state index contributed by atoms with van der Waals surface area (Å²) in [4.78, 5) is 11.9. The quantitative estimate of drug-likeness (QED) is 0.545. The number of cyclic esters (lactones) is 1. The fourth-order valence-electron chi connectivity index (χ4n) is 2.86. The largest absolute Gasteiger partial charge is 0.459 e. The Labute approximate surface area is 139 Å². The Morgan fingerprint density at radius 3 is 2.61 bits per heavy atom. The highest BCUT2D eigenvalue weighted by Gasteiger charge is 2.19. The summed E-state index contributed by atoms with van der Waals surface area (Å²) < 4.78 is 5.48. The molecule has 1 rings (SSSR count). The van der Waals surface area contributed by atoms with Gasteiger partial charge in [-0.15, -0.1) is 0 Å². The van der Waals surface area contributed by atoms with E-state index >= 15 is 0 Å². The van der Waals surface area contributed by atoms with Crippen LogP contribution in [0.1, 0.15) is 71.1 Å². The van der Waals surface area contributed by atoms with Crippen LogP contribution in [-0.4, -0.2) is 45.7 Å². The van der Waals surface area contributed by atoms with Crippen molar-refractivity contribution < 1.29 is 24.9 Å². The first-order valence-corrected chi connectivity index (χ1v) is 8.96. The zero-order valence-electron chi connectivity index (χ0n) is 14.2. The third kappa shape index (κ3) is 9.08. The van der Waals surface area contributed by atoms with Crippen molar-refractivity contribution in [3.8, 4) is 0 Å². The zero-order chi connectivity index (χ0) is 17.1. The number of hydrogen-bond acceptors (Lipinski definition) is 5. The fraction of sp³-hybridized carbons (Fsp3) is 0.833. The molecule has 23 heavy (non-hydrogen) atoms. The van der Waals surface area contributed by atoms with E-state index in [0.717, 1.165) is 51.4 Å². The van der Waals surface area contributed by atoms with Crippen molar-refractivity contribution in [2.45, 2.75) is 95.5 Å². The van der Waals surface area contributed by atoms with Gasteiger partial charge in [-0.1, -0.05) is 32.6 Å². The molecule has 0 aromatic heterocycles. The van der Waals surface area contributed by atoms with Gasteiger partial charge in [-0.05, 0) is 38.2 Å². The van der Waals surface area contributed by atoms with Gasteiger partial charge in [-0.2, -0.15) is 0 Å². The van der Waals surface area contributed by atoms with Crippen molar-refractivity contribution in [2.75, 3.05) is 0 Å². The van der Waals surface area contributed by atoms with Crippen LogP contribution in [0.25, 0.3) is 0 Å². The highest BCUT2D eigenvalue weighted by Crippen LogP contribution is 2.18. The molecule has 0 amide bonds. The first kappa shape index (κ1) is 20.1. The number of esters is 1. The summed E-state index contributed by atoms with van der Waals surface area (Å²) in [5.74, 6) is -0.477. The van der Waals surface area contributed by atoms with Crippen LogP contribution in [-0.2, 0) is 9.53 Å². The van der Waals surface area contributed by atoms with Crippen molar-refractivity contribution in [3.63, 3.8) is 0 Å². The molecule has 0 unspecified atom stereocenters. The lowest BCUT2D eigenvalue weighted by Crippen LogP contribution is -2.29. The number of carbonyl (C=O) groups excluding carboxylic acids is 1. The van der Waals surface area contributed by atoms with E-state index in [4.69, 9.17) is 4.74 Å². The van der Waals surface area contributed by atoms with Crippen LogP contribution in [0.3, 0.4) is 0 Å². The second-order valence-corrected chi connectivity index (χ2v) is 6.50. The van der Waals surface area contributed by atoms with Crippen LogP contribution in [0.2, 0.25) is 0 Å². The van der Waals surface area contributed by atoms with E-state index in [2.05, 4.69) is 6.92 Å². The number of aliphatic hydroxyl groups is 3. The van der Waals surface area contributed by atoms with Gasteiger partial charge in [0, 0.05) is 12.5 Å².